The number of carbonyl (C=O) groups is 1. The molecule has 0 saturated heterocycles. The van der Waals surface area contributed by atoms with Crippen LogP contribution in [0, 0.1) is 5.82 Å². The van der Waals surface area contributed by atoms with Crippen LogP contribution < -0.4 is 11.1 Å². The Morgan fingerprint density at radius 2 is 1.95 bits per heavy atom. The van der Waals surface area contributed by atoms with Gasteiger partial charge in [-0.05, 0) is 36.4 Å². The zero-order valence-corrected chi connectivity index (χ0v) is 10.4. The molecule has 1 amide bonds. The number of nitrogens with two attached hydrogens (primary N) is 1. The van der Waals surface area contributed by atoms with E-state index >= 15 is 0 Å². The molecule has 0 unspecified atom stereocenters. The summed E-state index contributed by atoms with van der Waals surface area (Å²) < 4.78 is 12.8. The molecule has 4 N–H and O–H groups in total. The number of nitrogens with zero attached hydrogens (tertiary/aromatic N) is 1. The van der Waals surface area contributed by atoms with Gasteiger partial charge in [0.25, 0.3) is 5.91 Å². The van der Waals surface area contributed by atoms with E-state index in [2.05, 4.69) is 15.3 Å². The second-order valence-electron chi connectivity index (χ2n) is 4.28. The number of nitrogen functional groups attached to an aromatic ring is 1. The van der Waals surface area contributed by atoms with Crippen LogP contribution in [-0.4, -0.2) is 15.9 Å². The zero-order chi connectivity index (χ0) is 14.1. The third-order valence-corrected chi connectivity index (χ3v) is 2.88. The van der Waals surface area contributed by atoms with Gasteiger partial charge in [0, 0.05) is 5.69 Å². The van der Waals surface area contributed by atoms with Gasteiger partial charge in [0.1, 0.15) is 11.3 Å². The zero-order valence-electron chi connectivity index (χ0n) is 10.4. The molecule has 0 spiro atoms. The normalized spacial score (nSPS) is 10.7. The first-order valence-electron chi connectivity index (χ1n) is 5.94. The summed E-state index contributed by atoms with van der Waals surface area (Å²) in [6.07, 6.45) is 0. The Morgan fingerprint density at radius 1 is 1.20 bits per heavy atom. The number of fused-ring (bicyclic) bond motifs is 1. The van der Waals surface area contributed by atoms with Gasteiger partial charge in [0.15, 0.2) is 5.95 Å². The number of carbonyl (C=O) groups excluding carboxylic acids is 1. The average Bonchev–Trinajstić information content (AvgIpc) is 2.81. The third-order valence-electron chi connectivity index (χ3n) is 2.88. The number of H-pyrrole nitrogens is 1. The van der Waals surface area contributed by atoms with E-state index in [0.29, 0.717) is 22.3 Å². The molecular weight excluding hydrogens is 259 g/mol. The van der Waals surface area contributed by atoms with Crippen molar-refractivity contribution in [3.05, 3.63) is 53.8 Å². The molecule has 100 valence electrons. The number of aromatic amines is 1. The highest BCUT2D eigenvalue weighted by Crippen LogP contribution is 2.19. The smallest absolute Gasteiger partial charge is 0.257 e. The molecule has 0 radical (unpaired) electrons. The minimum Gasteiger partial charge on any atom is -0.369 e. The average molecular weight is 270 g/mol. The highest BCUT2D eigenvalue weighted by Gasteiger charge is 2.13. The van der Waals surface area contributed by atoms with Crippen LogP contribution in [0.4, 0.5) is 16.0 Å². The number of anilines is 2. The van der Waals surface area contributed by atoms with Crippen molar-refractivity contribution >= 4 is 28.6 Å². The van der Waals surface area contributed by atoms with Gasteiger partial charge in [0.2, 0.25) is 0 Å². The summed E-state index contributed by atoms with van der Waals surface area (Å²) >= 11 is 0. The van der Waals surface area contributed by atoms with Gasteiger partial charge in [-0.15, -0.1) is 0 Å². The number of imidazole rings is 1. The maximum Gasteiger partial charge on any atom is 0.257 e. The number of amides is 1. The molecule has 0 bridgehead atoms. The summed E-state index contributed by atoms with van der Waals surface area (Å²) in [4.78, 5) is 19.2. The maximum atomic E-state index is 12.8. The standard InChI is InChI=1S/C14H11FN4O/c15-8-4-6-9(7-5-8)17-13(20)10-2-1-3-11-12(10)19-14(16)18-11/h1-7H,(H,17,20)(H3,16,18,19). The van der Waals surface area contributed by atoms with Gasteiger partial charge in [0.05, 0.1) is 11.1 Å². The van der Waals surface area contributed by atoms with Gasteiger partial charge in [-0.2, -0.15) is 0 Å². The van der Waals surface area contributed by atoms with Crippen LogP contribution in [0.3, 0.4) is 0 Å². The molecular formula is C14H11FN4O. The third kappa shape index (κ3) is 2.18. The molecule has 6 heteroatoms. The molecule has 0 fully saturated rings. The number of para-hydroxylation sites is 1. The van der Waals surface area contributed by atoms with E-state index in [1.54, 1.807) is 18.2 Å². The van der Waals surface area contributed by atoms with Gasteiger partial charge < -0.3 is 16.0 Å². The van der Waals surface area contributed by atoms with E-state index in [1.165, 1.54) is 24.3 Å². The number of nitrogens with one attached hydrogen (secondary N) is 2. The van der Waals surface area contributed by atoms with Crippen LogP contribution >= 0.6 is 0 Å². The first-order valence-corrected chi connectivity index (χ1v) is 5.94. The SMILES string of the molecule is Nc1nc2c(C(=O)Nc3ccc(F)cc3)cccc2[nH]1. The summed E-state index contributed by atoms with van der Waals surface area (Å²) in [5.41, 5.74) is 7.70. The van der Waals surface area contributed by atoms with Crippen molar-refractivity contribution in [3.8, 4) is 0 Å². The van der Waals surface area contributed by atoms with E-state index in [1.807, 2.05) is 0 Å². The highest BCUT2D eigenvalue weighted by atomic mass is 19.1. The maximum absolute atomic E-state index is 12.8. The molecule has 0 atom stereocenters. The Bertz CT molecular complexity index is 779. The number of hydrogen-bond donors (Lipinski definition) is 3. The van der Waals surface area contributed by atoms with Crippen molar-refractivity contribution in [1.82, 2.24) is 9.97 Å². The quantitative estimate of drug-likeness (QED) is 0.669. The molecule has 0 aliphatic heterocycles. The fourth-order valence-electron chi connectivity index (χ4n) is 1.97. The number of halogens is 1. The van der Waals surface area contributed by atoms with E-state index in [-0.39, 0.29) is 17.7 Å². The molecule has 1 heterocycles. The second-order valence-corrected chi connectivity index (χ2v) is 4.28. The lowest BCUT2D eigenvalue weighted by molar-refractivity contribution is 0.102. The van der Waals surface area contributed by atoms with Gasteiger partial charge in [-0.25, -0.2) is 9.37 Å². The Morgan fingerprint density at radius 3 is 2.70 bits per heavy atom. The molecule has 20 heavy (non-hydrogen) atoms. The summed E-state index contributed by atoms with van der Waals surface area (Å²) in [7, 11) is 0. The van der Waals surface area contributed by atoms with Crippen molar-refractivity contribution in [2.45, 2.75) is 0 Å². The van der Waals surface area contributed by atoms with Gasteiger partial charge in [-0.1, -0.05) is 6.07 Å². The summed E-state index contributed by atoms with van der Waals surface area (Å²) in [5, 5.41) is 2.69. The van der Waals surface area contributed by atoms with Crippen LogP contribution in [-0.2, 0) is 0 Å². The van der Waals surface area contributed by atoms with Crippen molar-refractivity contribution in [2.24, 2.45) is 0 Å². The van der Waals surface area contributed by atoms with Crippen molar-refractivity contribution in [2.75, 3.05) is 11.1 Å². The first kappa shape index (κ1) is 12.2. The summed E-state index contributed by atoms with van der Waals surface area (Å²) in [6, 6.07) is 10.7. The van der Waals surface area contributed by atoms with Crippen molar-refractivity contribution < 1.29 is 9.18 Å². The van der Waals surface area contributed by atoms with Crippen LogP contribution in [0.25, 0.3) is 11.0 Å². The van der Waals surface area contributed by atoms with Crippen LogP contribution in [0.2, 0.25) is 0 Å². The predicted molar refractivity (Wildman–Crippen MR) is 74.9 cm³/mol. The summed E-state index contributed by atoms with van der Waals surface area (Å²) in [5.74, 6) is -0.430. The number of aromatic nitrogens is 2. The van der Waals surface area contributed by atoms with E-state index < -0.39 is 0 Å². The monoisotopic (exact) mass is 270 g/mol. The largest absolute Gasteiger partial charge is 0.369 e. The lowest BCUT2D eigenvalue weighted by Crippen LogP contribution is -2.12. The van der Waals surface area contributed by atoms with Gasteiger partial charge in [-0.3, -0.25) is 4.79 Å². The molecule has 2 aromatic carbocycles. The Kier molecular flexibility index (Phi) is 2.83. The Labute approximate surface area is 113 Å². The number of rotatable bonds is 2. The summed E-state index contributed by atoms with van der Waals surface area (Å²) in [6.45, 7) is 0. The Hall–Kier alpha value is -2.89. The van der Waals surface area contributed by atoms with Crippen molar-refractivity contribution in [1.29, 1.82) is 0 Å². The topological polar surface area (TPSA) is 83.8 Å². The molecule has 1 aromatic heterocycles. The van der Waals surface area contributed by atoms with E-state index in [4.69, 9.17) is 5.73 Å². The second kappa shape index (κ2) is 4.65. The number of benzene rings is 2. The van der Waals surface area contributed by atoms with E-state index in [9.17, 15) is 9.18 Å². The first-order chi connectivity index (χ1) is 9.63. The lowest BCUT2D eigenvalue weighted by atomic mass is 10.1. The highest BCUT2D eigenvalue weighted by molar-refractivity contribution is 6.11. The molecule has 3 aromatic rings. The van der Waals surface area contributed by atoms with Crippen LogP contribution in [0.5, 0.6) is 0 Å². The fraction of sp³-hybridized carbons (Fsp3) is 0. The van der Waals surface area contributed by atoms with Crippen molar-refractivity contribution in [3.63, 3.8) is 0 Å². The minimum absolute atomic E-state index is 0.252. The fourth-order valence-corrected chi connectivity index (χ4v) is 1.97. The molecule has 0 aliphatic rings. The molecule has 3 rings (SSSR count). The Balaban J connectivity index is 1.94. The van der Waals surface area contributed by atoms with Crippen LogP contribution in [0.15, 0.2) is 42.5 Å². The molecule has 5 nitrogen and oxygen atoms in total. The lowest BCUT2D eigenvalue weighted by Gasteiger charge is -2.05. The number of hydrogen-bond acceptors (Lipinski definition) is 3. The molecule has 0 aliphatic carbocycles. The minimum atomic E-state index is -0.356. The van der Waals surface area contributed by atoms with E-state index in [0.717, 1.165) is 0 Å². The predicted octanol–water partition coefficient (Wildman–Crippen LogP) is 2.54. The van der Waals surface area contributed by atoms with Crippen LogP contribution in [0.1, 0.15) is 10.4 Å². The van der Waals surface area contributed by atoms with Gasteiger partial charge >= 0.3 is 0 Å². The molecule has 0 saturated carbocycles.